The molecule has 0 amide bonds. The first-order valence-corrected chi connectivity index (χ1v) is 7.38. The molecule has 19 heavy (non-hydrogen) atoms. The summed E-state index contributed by atoms with van der Waals surface area (Å²) in [6.45, 7) is 2.29. The molecule has 0 heterocycles. The molecule has 0 radical (unpaired) electrons. The molecule has 3 N–H and O–H groups in total. The molecular formula is C15H22ClFN2. The Morgan fingerprint density at radius 2 is 2.26 bits per heavy atom. The highest BCUT2D eigenvalue weighted by molar-refractivity contribution is 6.31. The second-order valence-electron chi connectivity index (χ2n) is 5.72. The van der Waals surface area contributed by atoms with E-state index in [1.807, 2.05) is 6.07 Å². The van der Waals surface area contributed by atoms with E-state index in [0.29, 0.717) is 12.3 Å². The number of hydrogen-bond donors (Lipinski definition) is 2. The molecular weight excluding hydrogens is 263 g/mol. The van der Waals surface area contributed by atoms with E-state index in [4.69, 9.17) is 17.4 Å². The zero-order valence-electron chi connectivity index (χ0n) is 11.3. The summed E-state index contributed by atoms with van der Waals surface area (Å²) in [6, 6.07) is 5.14. The van der Waals surface area contributed by atoms with Crippen molar-refractivity contribution in [2.75, 3.05) is 0 Å². The summed E-state index contributed by atoms with van der Waals surface area (Å²) in [5.41, 5.74) is 3.74. The van der Waals surface area contributed by atoms with Crippen molar-refractivity contribution in [2.24, 2.45) is 17.7 Å². The third-order valence-corrected chi connectivity index (χ3v) is 4.65. The molecule has 1 aromatic rings. The van der Waals surface area contributed by atoms with Crippen molar-refractivity contribution in [1.29, 1.82) is 0 Å². The molecule has 0 spiro atoms. The Morgan fingerprint density at radius 3 is 2.95 bits per heavy atom. The van der Waals surface area contributed by atoms with Crippen LogP contribution < -0.4 is 11.3 Å². The predicted octanol–water partition coefficient (Wildman–Crippen LogP) is 3.68. The molecule has 0 bridgehead atoms. The standard InChI is InChI=1S/C15H22ClFN2/c1-10-4-2-5-11(8-10)14(19-18)9-12-6-3-7-13(17)15(12)16/h3,6-7,10-11,14,19H,2,4-5,8-9,18H2,1H3. The monoisotopic (exact) mass is 284 g/mol. The van der Waals surface area contributed by atoms with Crippen molar-refractivity contribution in [3.63, 3.8) is 0 Å². The van der Waals surface area contributed by atoms with E-state index in [1.54, 1.807) is 6.07 Å². The highest BCUT2D eigenvalue weighted by atomic mass is 35.5. The summed E-state index contributed by atoms with van der Waals surface area (Å²) in [7, 11) is 0. The molecule has 3 atom stereocenters. The van der Waals surface area contributed by atoms with E-state index < -0.39 is 0 Å². The summed E-state index contributed by atoms with van der Waals surface area (Å²) in [5.74, 6) is 6.64. The van der Waals surface area contributed by atoms with Crippen molar-refractivity contribution in [1.82, 2.24) is 5.43 Å². The summed E-state index contributed by atoms with van der Waals surface area (Å²) in [5, 5.41) is 0.228. The minimum Gasteiger partial charge on any atom is -0.271 e. The fourth-order valence-electron chi connectivity index (χ4n) is 3.15. The lowest BCUT2D eigenvalue weighted by Gasteiger charge is -2.33. The summed E-state index contributed by atoms with van der Waals surface area (Å²) >= 11 is 6.02. The number of halogens is 2. The van der Waals surface area contributed by atoms with E-state index in [1.165, 1.54) is 31.7 Å². The van der Waals surface area contributed by atoms with Gasteiger partial charge in [0, 0.05) is 6.04 Å². The molecule has 1 fully saturated rings. The van der Waals surface area contributed by atoms with Crippen LogP contribution >= 0.6 is 11.6 Å². The molecule has 0 aliphatic heterocycles. The molecule has 3 unspecified atom stereocenters. The summed E-state index contributed by atoms with van der Waals surface area (Å²) < 4.78 is 13.5. The van der Waals surface area contributed by atoms with Crippen LogP contribution in [-0.4, -0.2) is 6.04 Å². The first-order valence-electron chi connectivity index (χ1n) is 7.00. The number of benzene rings is 1. The smallest absolute Gasteiger partial charge is 0.142 e. The Morgan fingerprint density at radius 1 is 1.47 bits per heavy atom. The van der Waals surface area contributed by atoms with Gasteiger partial charge in [0.15, 0.2) is 0 Å². The zero-order chi connectivity index (χ0) is 13.8. The van der Waals surface area contributed by atoms with Gasteiger partial charge in [0.1, 0.15) is 5.82 Å². The van der Waals surface area contributed by atoms with Gasteiger partial charge in [0.2, 0.25) is 0 Å². The van der Waals surface area contributed by atoms with E-state index in [9.17, 15) is 4.39 Å². The Hall–Kier alpha value is -0.640. The highest BCUT2D eigenvalue weighted by Crippen LogP contribution is 2.32. The lowest BCUT2D eigenvalue weighted by atomic mass is 9.77. The van der Waals surface area contributed by atoms with Crippen molar-refractivity contribution >= 4 is 11.6 Å². The van der Waals surface area contributed by atoms with Crippen LogP contribution in [0.3, 0.4) is 0 Å². The van der Waals surface area contributed by atoms with Gasteiger partial charge in [-0.3, -0.25) is 11.3 Å². The first kappa shape index (κ1) is 14.8. The zero-order valence-corrected chi connectivity index (χ0v) is 12.1. The van der Waals surface area contributed by atoms with E-state index in [2.05, 4.69) is 12.3 Å². The molecule has 106 valence electrons. The minimum atomic E-state index is -0.355. The topological polar surface area (TPSA) is 38.0 Å². The van der Waals surface area contributed by atoms with Crippen LogP contribution in [-0.2, 0) is 6.42 Å². The minimum absolute atomic E-state index is 0.169. The molecule has 0 aromatic heterocycles. The highest BCUT2D eigenvalue weighted by Gasteiger charge is 2.26. The maximum Gasteiger partial charge on any atom is 0.142 e. The third-order valence-electron chi connectivity index (χ3n) is 4.23. The van der Waals surface area contributed by atoms with E-state index >= 15 is 0 Å². The Bertz CT molecular complexity index is 425. The van der Waals surface area contributed by atoms with Crippen molar-refractivity contribution < 1.29 is 4.39 Å². The maximum atomic E-state index is 13.5. The molecule has 4 heteroatoms. The van der Waals surface area contributed by atoms with Crippen LogP contribution in [0.4, 0.5) is 4.39 Å². The molecule has 1 aromatic carbocycles. The Balaban J connectivity index is 2.08. The van der Waals surface area contributed by atoms with Crippen LogP contribution in [0.1, 0.15) is 38.2 Å². The van der Waals surface area contributed by atoms with Crippen LogP contribution in [0.15, 0.2) is 18.2 Å². The van der Waals surface area contributed by atoms with Gasteiger partial charge in [-0.15, -0.1) is 0 Å². The van der Waals surface area contributed by atoms with E-state index in [0.717, 1.165) is 11.5 Å². The van der Waals surface area contributed by atoms with Crippen LogP contribution in [0, 0.1) is 17.7 Å². The number of rotatable bonds is 4. The number of nitrogens with one attached hydrogen (secondary N) is 1. The van der Waals surface area contributed by atoms with E-state index in [-0.39, 0.29) is 16.9 Å². The van der Waals surface area contributed by atoms with Crippen molar-refractivity contribution in [3.8, 4) is 0 Å². The number of hydrogen-bond acceptors (Lipinski definition) is 2. The Labute approximate surface area is 119 Å². The van der Waals surface area contributed by atoms with Crippen molar-refractivity contribution in [2.45, 2.75) is 45.1 Å². The lowest BCUT2D eigenvalue weighted by Crippen LogP contribution is -2.44. The lowest BCUT2D eigenvalue weighted by molar-refractivity contribution is 0.222. The predicted molar refractivity (Wildman–Crippen MR) is 77.3 cm³/mol. The van der Waals surface area contributed by atoms with Gasteiger partial charge in [0.25, 0.3) is 0 Å². The summed E-state index contributed by atoms with van der Waals surface area (Å²) in [4.78, 5) is 0. The van der Waals surface area contributed by atoms with Gasteiger partial charge in [-0.05, 0) is 42.7 Å². The molecule has 2 nitrogen and oxygen atoms in total. The average Bonchev–Trinajstić information content (AvgIpc) is 2.40. The van der Waals surface area contributed by atoms with Gasteiger partial charge in [-0.25, -0.2) is 4.39 Å². The van der Waals surface area contributed by atoms with Crippen LogP contribution in [0.25, 0.3) is 0 Å². The molecule has 1 aliphatic carbocycles. The third kappa shape index (κ3) is 3.68. The van der Waals surface area contributed by atoms with Crippen LogP contribution in [0.5, 0.6) is 0 Å². The fraction of sp³-hybridized carbons (Fsp3) is 0.600. The van der Waals surface area contributed by atoms with Crippen molar-refractivity contribution in [3.05, 3.63) is 34.6 Å². The molecule has 2 rings (SSSR count). The quantitative estimate of drug-likeness (QED) is 0.654. The Kier molecular flexibility index (Phi) is 5.20. The SMILES string of the molecule is CC1CCCC(C(Cc2cccc(F)c2Cl)NN)C1. The van der Waals surface area contributed by atoms with Gasteiger partial charge in [-0.2, -0.15) is 0 Å². The molecule has 1 saturated carbocycles. The number of nitrogens with two attached hydrogens (primary N) is 1. The molecule has 0 saturated heterocycles. The average molecular weight is 285 g/mol. The largest absolute Gasteiger partial charge is 0.271 e. The van der Waals surface area contributed by atoms with Gasteiger partial charge in [0.05, 0.1) is 5.02 Å². The van der Waals surface area contributed by atoms with Crippen LogP contribution in [0.2, 0.25) is 5.02 Å². The van der Waals surface area contributed by atoms with Gasteiger partial charge >= 0.3 is 0 Å². The second kappa shape index (κ2) is 6.69. The summed E-state index contributed by atoms with van der Waals surface area (Å²) in [6.07, 6.45) is 5.60. The second-order valence-corrected chi connectivity index (χ2v) is 6.10. The van der Waals surface area contributed by atoms with Gasteiger partial charge < -0.3 is 0 Å². The number of hydrazine groups is 1. The van der Waals surface area contributed by atoms with Gasteiger partial charge in [-0.1, -0.05) is 43.5 Å². The normalized spacial score (nSPS) is 25.3. The fourth-order valence-corrected chi connectivity index (χ4v) is 3.35. The first-order chi connectivity index (χ1) is 9.11. The molecule has 1 aliphatic rings. The maximum absolute atomic E-state index is 13.5.